The lowest BCUT2D eigenvalue weighted by Crippen LogP contribution is -1.96. The van der Waals surface area contributed by atoms with Crippen LogP contribution in [0.5, 0.6) is 0 Å². The van der Waals surface area contributed by atoms with Gasteiger partial charge < -0.3 is 19.9 Å². The summed E-state index contributed by atoms with van der Waals surface area (Å²) in [4.78, 5) is 16.1. The van der Waals surface area contributed by atoms with Gasteiger partial charge in [0, 0.05) is 76.3 Å². The van der Waals surface area contributed by atoms with Crippen LogP contribution in [0.25, 0.3) is 98.4 Å². The summed E-state index contributed by atoms with van der Waals surface area (Å²) in [6.45, 7) is 4.60. The van der Waals surface area contributed by atoms with Crippen molar-refractivity contribution < 1.29 is 0 Å². The number of unbranched alkanes of at least 4 members (excludes halogenated alkanes) is 4. The number of hydrogen-bond donors (Lipinski definition) is 4. The molecule has 4 nitrogen and oxygen atoms in total. The van der Waals surface area contributed by atoms with Crippen LogP contribution in [0.4, 0.5) is 0 Å². The van der Waals surface area contributed by atoms with Gasteiger partial charge in [0.25, 0.3) is 0 Å². The topological polar surface area (TPSA) is 63.2 Å². The summed E-state index contributed by atoms with van der Waals surface area (Å²) in [5.41, 5.74) is 15.2. The molecule has 0 radical (unpaired) electrons. The zero-order valence-electron chi connectivity index (χ0n) is 28.9. The van der Waals surface area contributed by atoms with Crippen molar-refractivity contribution in [1.82, 2.24) is 19.9 Å². The Labute approximate surface area is 290 Å². The number of rotatable bonds is 9. The minimum Gasteiger partial charge on any atom is -0.354 e. The summed E-state index contributed by atoms with van der Waals surface area (Å²) in [5, 5.41) is 10.5. The minimum absolute atomic E-state index is 1.04. The van der Waals surface area contributed by atoms with Gasteiger partial charge in [-0.3, -0.25) is 0 Å². The Balaban J connectivity index is 1.48. The number of para-hydroxylation sites is 4. The van der Waals surface area contributed by atoms with Gasteiger partial charge in [0.15, 0.2) is 0 Å². The van der Waals surface area contributed by atoms with Crippen molar-refractivity contribution in [3.8, 4) is 11.1 Å². The summed E-state index contributed by atoms with van der Waals surface area (Å²) in [6, 6.07) is 35.7. The van der Waals surface area contributed by atoms with Gasteiger partial charge in [0.2, 0.25) is 0 Å². The number of aromatic nitrogens is 4. The van der Waals surface area contributed by atoms with Crippen LogP contribution in [0.3, 0.4) is 0 Å². The van der Waals surface area contributed by atoms with E-state index < -0.39 is 0 Å². The molecule has 0 spiro atoms. The smallest absolute Gasteiger partial charge is 0.0556 e. The summed E-state index contributed by atoms with van der Waals surface area (Å²) in [7, 11) is 0. The summed E-state index contributed by atoms with van der Waals surface area (Å²) in [6.07, 6.45) is 9.25. The summed E-state index contributed by atoms with van der Waals surface area (Å²) < 4.78 is 0. The normalized spacial score (nSPS) is 12.4. The van der Waals surface area contributed by atoms with Gasteiger partial charge in [-0.05, 0) is 61.1 Å². The molecule has 0 aliphatic carbocycles. The highest BCUT2D eigenvalue weighted by molar-refractivity contribution is 6.35. The Hall–Kier alpha value is -5.48. The van der Waals surface area contributed by atoms with Crippen molar-refractivity contribution in [2.24, 2.45) is 0 Å². The fourth-order valence-electron chi connectivity index (χ4n) is 9.15. The van der Waals surface area contributed by atoms with Crippen molar-refractivity contribution >= 4 is 87.2 Å². The van der Waals surface area contributed by atoms with Gasteiger partial charge in [-0.15, -0.1) is 0 Å². The van der Waals surface area contributed by atoms with Crippen LogP contribution in [-0.2, 0) is 12.8 Å². The van der Waals surface area contributed by atoms with E-state index in [0.29, 0.717) is 0 Å². The van der Waals surface area contributed by atoms with Gasteiger partial charge in [0.05, 0.1) is 22.1 Å². The predicted molar refractivity (Wildman–Crippen MR) is 216 cm³/mol. The number of hydrogen-bond acceptors (Lipinski definition) is 0. The molecule has 10 rings (SSSR count). The highest BCUT2D eigenvalue weighted by Gasteiger charge is 2.28. The molecule has 4 aromatic heterocycles. The van der Waals surface area contributed by atoms with Crippen LogP contribution in [0.15, 0.2) is 97.1 Å². The van der Waals surface area contributed by atoms with Crippen molar-refractivity contribution in [3.63, 3.8) is 0 Å². The van der Waals surface area contributed by atoms with E-state index in [-0.39, 0.29) is 0 Å². The first-order chi connectivity index (χ1) is 24.8. The summed E-state index contributed by atoms with van der Waals surface area (Å²) in [5.74, 6) is 0. The first-order valence-corrected chi connectivity index (χ1v) is 18.7. The lowest BCUT2D eigenvalue weighted by atomic mass is 9.86. The van der Waals surface area contributed by atoms with E-state index in [4.69, 9.17) is 0 Å². The second-order valence-electron chi connectivity index (χ2n) is 14.3. The monoisotopic (exact) mass is 650 g/mol. The second-order valence-corrected chi connectivity index (χ2v) is 14.3. The van der Waals surface area contributed by atoms with E-state index in [0.717, 1.165) is 12.8 Å². The molecule has 0 saturated heterocycles. The maximum Gasteiger partial charge on any atom is 0.0556 e. The van der Waals surface area contributed by atoms with Gasteiger partial charge >= 0.3 is 0 Å². The fourth-order valence-corrected chi connectivity index (χ4v) is 9.15. The highest BCUT2D eigenvalue weighted by Crippen LogP contribution is 2.52. The molecule has 0 fully saturated rings. The first kappa shape index (κ1) is 29.4. The van der Waals surface area contributed by atoms with E-state index >= 15 is 0 Å². The Kier molecular flexibility index (Phi) is 6.80. The van der Waals surface area contributed by atoms with Crippen molar-refractivity contribution in [3.05, 3.63) is 108 Å². The summed E-state index contributed by atoms with van der Waals surface area (Å²) >= 11 is 0. The molecule has 50 heavy (non-hydrogen) atoms. The molecule has 0 atom stereocenters. The van der Waals surface area contributed by atoms with Gasteiger partial charge in [-0.25, -0.2) is 0 Å². The second kappa shape index (κ2) is 11.6. The first-order valence-electron chi connectivity index (χ1n) is 18.7. The van der Waals surface area contributed by atoms with Crippen LogP contribution in [0.2, 0.25) is 0 Å². The molecule has 0 amide bonds. The van der Waals surface area contributed by atoms with E-state index in [9.17, 15) is 0 Å². The third-order valence-electron chi connectivity index (χ3n) is 11.3. The standard InChI is InChI=1S/C46H42N4/c1-3-5-7-21-31-37-27-17-9-13-23-33(27)49-45(37)41(39-29-19-11-15-25-35(29)47-43(31)39)42-40-30-20-12-16-26-36(30)48-44(40)32(22-8-6-4-2)38-28-18-10-14-24-34(28)50-46(38)42/h9-20,23-26,47-50H,3-8,21-22H2,1-2H3. The number of benzene rings is 6. The Bertz CT molecular complexity index is 2690. The molecule has 0 bridgehead atoms. The molecule has 6 aromatic carbocycles. The Morgan fingerprint density at radius 2 is 0.680 bits per heavy atom. The maximum atomic E-state index is 4.04. The molecule has 10 aromatic rings. The lowest BCUT2D eigenvalue weighted by molar-refractivity contribution is 0.721. The van der Waals surface area contributed by atoms with Gasteiger partial charge in [-0.2, -0.15) is 0 Å². The minimum atomic E-state index is 1.04. The Morgan fingerprint density at radius 3 is 1.04 bits per heavy atom. The van der Waals surface area contributed by atoms with E-state index in [1.54, 1.807) is 0 Å². The van der Waals surface area contributed by atoms with Crippen molar-refractivity contribution in [1.29, 1.82) is 0 Å². The largest absolute Gasteiger partial charge is 0.354 e. The number of nitrogens with one attached hydrogen (secondary N) is 4. The van der Waals surface area contributed by atoms with Crippen molar-refractivity contribution in [2.45, 2.75) is 65.2 Å². The highest BCUT2D eigenvalue weighted by atomic mass is 14.8. The predicted octanol–water partition coefficient (Wildman–Crippen LogP) is 13.4. The molecule has 0 aliphatic rings. The number of fused-ring (bicyclic) bond motifs is 12. The van der Waals surface area contributed by atoms with Gasteiger partial charge in [0.1, 0.15) is 0 Å². The fraction of sp³-hybridized carbons (Fsp3) is 0.217. The van der Waals surface area contributed by atoms with Crippen LogP contribution < -0.4 is 0 Å². The quantitative estimate of drug-likeness (QED) is 0.112. The Morgan fingerprint density at radius 1 is 0.360 bits per heavy atom. The van der Waals surface area contributed by atoms with Crippen LogP contribution in [0.1, 0.15) is 63.5 Å². The molecule has 4 heteroatoms. The number of H-pyrrole nitrogens is 4. The van der Waals surface area contributed by atoms with Crippen molar-refractivity contribution in [2.75, 3.05) is 0 Å². The average molecular weight is 651 g/mol. The number of aryl methyl sites for hydroxylation is 2. The lowest BCUT2D eigenvalue weighted by Gasteiger charge is -2.17. The van der Waals surface area contributed by atoms with E-state index in [2.05, 4.69) is 131 Å². The maximum absolute atomic E-state index is 4.04. The van der Waals surface area contributed by atoms with Crippen LogP contribution >= 0.6 is 0 Å². The molecule has 0 saturated carbocycles. The molecule has 0 aliphatic heterocycles. The zero-order chi connectivity index (χ0) is 33.3. The molecule has 4 heterocycles. The number of aromatic amines is 4. The molecule has 246 valence electrons. The SMILES string of the molecule is CCCCCc1c2[nH]c3ccccc3c2c(-c2c3[nH]c4ccccc4c3c(CCCCC)c3[nH]c4ccccc4c23)c2[nH]c3ccccc3c12. The third kappa shape index (κ3) is 4.17. The van der Waals surface area contributed by atoms with E-state index in [1.807, 2.05) is 0 Å². The molecular formula is C46H42N4. The van der Waals surface area contributed by atoms with Crippen LogP contribution in [-0.4, -0.2) is 19.9 Å². The zero-order valence-corrected chi connectivity index (χ0v) is 28.9. The van der Waals surface area contributed by atoms with Gasteiger partial charge in [-0.1, -0.05) is 112 Å². The third-order valence-corrected chi connectivity index (χ3v) is 11.3. The van der Waals surface area contributed by atoms with Crippen LogP contribution in [0, 0.1) is 0 Å². The average Bonchev–Trinajstić information content (AvgIpc) is 3.92. The van der Waals surface area contributed by atoms with E-state index in [1.165, 1.54) is 148 Å². The molecular weight excluding hydrogens is 609 g/mol. The molecule has 0 unspecified atom stereocenters. The molecule has 4 N–H and O–H groups in total.